The van der Waals surface area contributed by atoms with E-state index in [1.807, 2.05) is 0 Å². The molecule has 0 amide bonds. The summed E-state index contributed by atoms with van der Waals surface area (Å²) in [6.45, 7) is 0. The smallest absolute Gasteiger partial charge is 0.00134 e. The topological polar surface area (TPSA) is 0 Å². The Morgan fingerprint density at radius 1 is 0.0943 bits per heavy atom. The summed E-state index contributed by atoms with van der Waals surface area (Å²) in [5, 5.41) is 54.0. The molecule has 0 radical (unpaired) electrons. The zero-order chi connectivity index (χ0) is 68.5. The van der Waals surface area contributed by atoms with Crippen LogP contribution >= 0.6 is 0 Å². The van der Waals surface area contributed by atoms with Crippen LogP contribution in [-0.4, -0.2) is 0 Å². The molecule has 480 valence electrons. The molecule has 0 nitrogen and oxygen atoms in total. The van der Waals surface area contributed by atoms with Crippen molar-refractivity contribution in [2.75, 3.05) is 0 Å². The van der Waals surface area contributed by atoms with E-state index in [2.05, 4.69) is 340 Å². The van der Waals surface area contributed by atoms with Crippen molar-refractivity contribution < 1.29 is 0 Å². The van der Waals surface area contributed by atoms with E-state index in [0.717, 1.165) is 0 Å². The lowest BCUT2D eigenvalue weighted by Gasteiger charge is -2.21. The van der Waals surface area contributed by atoms with E-state index in [-0.39, 0.29) is 0 Å². The minimum atomic E-state index is 1.20. The van der Waals surface area contributed by atoms with Gasteiger partial charge in [-0.1, -0.05) is 315 Å². The second kappa shape index (κ2) is 20.1. The van der Waals surface area contributed by atoms with Crippen LogP contribution in [-0.2, 0) is 0 Å². The third kappa shape index (κ3) is 7.09. The van der Waals surface area contributed by atoms with Gasteiger partial charge in [0.15, 0.2) is 0 Å². The highest BCUT2D eigenvalue weighted by molar-refractivity contribution is 6.43. The van der Waals surface area contributed by atoms with Gasteiger partial charge < -0.3 is 0 Å². The Kier molecular flexibility index (Phi) is 10.6. The van der Waals surface area contributed by atoms with Gasteiger partial charge in [0.1, 0.15) is 0 Å². The van der Waals surface area contributed by atoms with Crippen LogP contribution in [0.5, 0.6) is 0 Å². The Balaban J connectivity index is 0.808. The van der Waals surface area contributed by atoms with Crippen LogP contribution in [0.4, 0.5) is 0 Å². The van der Waals surface area contributed by atoms with Gasteiger partial charge in [-0.2, -0.15) is 0 Å². The van der Waals surface area contributed by atoms with Gasteiger partial charge in [-0.05, 0) is 295 Å². The second-order valence-electron chi connectivity index (χ2n) is 30.2. The van der Waals surface area contributed by atoms with Crippen molar-refractivity contribution in [1.82, 2.24) is 0 Å². The minimum absolute atomic E-state index is 1.20. The summed E-state index contributed by atoms with van der Waals surface area (Å²) >= 11 is 0. The zero-order valence-electron chi connectivity index (χ0n) is 57.3. The quantitative estimate of drug-likeness (QED) is 0.122. The van der Waals surface area contributed by atoms with E-state index in [1.54, 1.807) is 0 Å². The maximum Gasteiger partial charge on any atom is -0.00134 e. The molecule has 0 aliphatic carbocycles. The average molecular weight is 1330 g/mol. The summed E-state index contributed by atoms with van der Waals surface area (Å²) in [6, 6.07) is 132. The van der Waals surface area contributed by atoms with E-state index in [1.165, 1.54) is 271 Å². The molecule has 0 heteroatoms. The van der Waals surface area contributed by atoms with Gasteiger partial charge in [-0.3, -0.25) is 0 Å². The lowest BCUT2D eigenvalue weighted by Crippen LogP contribution is -1.93. The molecule has 0 saturated carbocycles. The molecule has 0 saturated heterocycles. The number of hydrogen-bond acceptors (Lipinski definition) is 0. The Bertz CT molecular complexity index is 7310. The summed E-state index contributed by atoms with van der Waals surface area (Å²) in [7, 11) is 0. The maximum absolute atomic E-state index is 2.57. The molecule has 26 aromatic rings. The first-order valence-electron chi connectivity index (χ1n) is 37.3. The number of rotatable bonds is 4. The van der Waals surface area contributed by atoms with Gasteiger partial charge in [0, 0.05) is 0 Å². The molecule has 106 heavy (non-hydrogen) atoms. The molecule has 0 bridgehead atoms. The first kappa shape index (κ1) is 55.8. The number of hydrogen-bond donors (Lipinski definition) is 0. The van der Waals surface area contributed by atoms with Crippen LogP contribution in [0.1, 0.15) is 0 Å². The van der Waals surface area contributed by atoms with Crippen LogP contribution in [0.2, 0.25) is 0 Å². The zero-order valence-corrected chi connectivity index (χ0v) is 57.3. The summed E-state index contributed by atoms with van der Waals surface area (Å²) in [4.78, 5) is 0. The second-order valence-corrected chi connectivity index (χ2v) is 30.2. The maximum atomic E-state index is 2.57. The van der Waals surface area contributed by atoms with Crippen molar-refractivity contribution in [3.05, 3.63) is 340 Å². The molecule has 0 heterocycles. The predicted octanol–water partition coefficient (Wildman–Crippen LogP) is 30.3. The van der Waals surface area contributed by atoms with E-state index in [0.29, 0.717) is 0 Å². The lowest BCUT2D eigenvalue weighted by atomic mass is 9.82. The van der Waals surface area contributed by atoms with E-state index in [4.69, 9.17) is 0 Å². The van der Waals surface area contributed by atoms with Crippen LogP contribution < -0.4 is 0 Å². The third-order valence-electron chi connectivity index (χ3n) is 25.3. The molecule has 0 spiro atoms. The van der Waals surface area contributed by atoms with Crippen molar-refractivity contribution in [3.8, 4) is 44.5 Å². The SMILES string of the molecule is c1cc2cccc3c4ccc(-c5ccc6c7ccc(-c8ccc9c%10cccc%11cccc(c%12cccc8c%129)c%11%10)cc7c7c8cc(-c9ccc%10c%11cccc%12cccc(c%13cccc9c%13%10)c%12%11)ccc8c8ccc(-c9ccc%10c%11cccc%12cccc(c%13cccc9c%13%10)c%12%11)cc8c7c6c5)c5cccc(c(c1)c23)c54. The standard InChI is InChI=1S/C106H56/c1-13-57-17-5-25-81-89-49-45-65(73-29-9-33-85(101(73)89)77(21-1)97(57)81)61-37-41-69-70-42-38-63(67-47-51-91-83-27-7-19-59-15-3-23-79(99(59)83)87-35-11-31-75(67)103(87)91)55-95(70)106-96-56-64(68-48-52-92-84-28-8-20-60-16-4-24-80(100(60)84)88-36-12-32-76(68)104(88)92)40-44-72(96)71-43-39-62(54-94(71)105(106)93(69)53-61)66-46-50-90-82-26-6-18-58-14-2-22-78(98(58)82)86-34-10-30-74(66)102(86)90/h1-56H. The van der Waals surface area contributed by atoms with Crippen molar-refractivity contribution in [1.29, 1.82) is 0 Å². The van der Waals surface area contributed by atoms with E-state index in [9.17, 15) is 0 Å². The monoisotopic (exact) mass is 1330 g/mol. The summed E-state index contributed by atoms with van der Waals surface area (Å²) in [5.41, 5.74) is 9.72. The molecule has 0 atom stereocenters. The molecule has 26 aromatic carbocycles. The summed E-state index contributed by atoms with van der Waals surface area (Å²) in [6.07, 6.45) is 0. The van der Waals surface area contributed by atoms with Crippen molar-refractivity contribution in [3.63, 3.8) is 0 Å². The predicted molar refractivity (Wildman–Crippen MR) is 461 cm³/mol. The molecule has 26 rings (SSSR count). The van der Waals surface area contributed by atoms with Crippen molar-refractivity contribution >= 4 is 226 Å². The fraction of sp³-hybridized carbons (Fsp3) is 0. The Labute approximate surface area is 606 Å². The van der Waals surface area contributed by atoms with Gasteiger partial charge >= 0.3 is 0 Å². The Hall–Kier alpha value is -13.8. The molecule has 0 aliphatic heterocycles. The highest BCUT2D eigenvalue weighted by atomic mass is 14.3. The fourth-order valence-corrected chi connectivity index (χ4v) is 21.0. The van der Waals surface area contributed by atoms with Gasteiger partial charge in [0.2, 0.25) is 0 Å². The first-order chi connectivity index (χ1) is 52.6. The number of benzene rings is 26. The van der Waals surface area contributed by atoms with Gasteiger partial charge in [-0.25, -0.2) is 0 Å². The van der Waals surface area contributed by atoms with Crippen LogP contribution in [0.3, 0.4) is 0 Å². The molecular weight excluding hydrogens is 1270 g/mol. The van der Waals surface area contributed by atoms with Crippen LogP contribution in [0.25, 0.3) is 271 Å². The lowest BCUT2D eigenvalue weighted by molar-refractivity contribution is 1.70. The molecular formula is C106H56. The highest BCUT2D eigenvalue weighted by Gasteiger charge is 2.25. The highest BCUT2D eigenvalue weighted by Crippen LogP contribution is 2.53. The van der Waals surface area contributed by atoms with Gasteiger partial charge in [-0.15, -0.1) is 0 Å². The molecule has 0 aromatic heterocycles. The van der Waals surface area contributed by atoms with Gasteiger partial charge in [0.25, 0.3) is 0 Å². The Morgan fingerprint density at radius 3 is 0.462 bits per heavy atom. The first-order valence-corrected chi connectivity index (χ1v) is 37.3. The van der Waals surface area contributed by atoms with Gasteiger partial charge in [0.05, 0.1) is 0 Å². The molecule has 0 aliphatic rings. The molecule has 0 N–H and O–H groups in total. The van der Waals surface area contributed by atoms with Crippen LogP contribution in [0.15, 0.2) is 340 Å². The van der Waals surface area contributed by atoms with E-state index >= 15 is 0 Å². The van der Waals surface area contributed by atoms with E-state index < -0.39 is 0 Å². The Morgan fingerprint density at radius 2 is 0.255 bits per heavy atom. The molecule has 0 fully saturated rings. The van der Waals surface area contributed by atoms with Crippen molar-refractivity contribution in [2.24, 2.45) is 0 Å². The average Bonchev–Trinajstić information content (AvgIpc) is 0.691. The number of fused-ring (bicyclic) bond motifs is 19. The van der Waals surface area contributed by atoms with Crippen LogP contribution in [0, 0.1) is 0 Å². The third-order valence-corrected chi connectivity index (χ3v) is 25.3. The normalized spacial score (nSPS) is 12.7. The van der Waals surface area contributed by atoms with Crippen molar-refractivity contribution in [2.45, 2.75) is 0 Å². The summed E-state index contributed by atoms with van der Waals surface area (Å²) in [5.74, 6) is 0. The largest absolute Gasteiger partial charge is 0.0610 e. The fourth-order valence-electron chi connectivity index (χ4n) is 21.0. The minimum Gasteiger partial charge on any atom is -0.0610 e. The molecule has 0 unspecified atom stereocenters. The summed E-state index contributed by atoms with van der Waals surface area (Å²) < 4.78 is 0.